The van der Waals surface area contributed by atoms with Gasteiger partial charge in [-0.2, -0.15) is 4.31 Å². The number of nitrogens with one attached hydrogen (secondary N) is 1. The molecule has 0 aliphatic carbocycles. The molecule has 1 N–H and O–H groups in total. The molecule has 0 radical (unpaired) electrons. The molecule has 0 saturated carbocycles. The van der Waals surface area contributed by atoms with E-state index in [2.05, 4.69) is 10.5 Å². The first-order valence-electron chi connectivity index (χ1n) is 9.12. The second kappa shape index (κ2) is 7.82. The number of carbonyl (C=O) groups excluding carboxylic acids is 1. The Kier molecular flexibility index (Phi) is 5.67. The summed E-state index contributed by atoms with van der Waals surface area (Å²) < 4.78 is 32.3. The van der Waals surface area contributed by atoms with Gasteiger partial charge in [-0.1, -0.05) is 11.6 Å². The highest BCUT2D eigenvalue weighted by molar-refractivity contribution is 7.89. The Balaban J connectivity index is 1.70. The number of rotatable bonds is 5. The number of hydrogen-bond donors (Lipinski definition) is 1. The topological polar surface area (TPSA) is 92.5 Å². The fourth-order valence-electron chi connectivity index (χ4n) is 3.37. The molecular weight excluding hydrogens is 366 g/mol. The number of benzene rings is 1. The average molecular weight is 391 g/mol. The zero-order valence-corrected chi connectivity index (χ0v) is 16.7. The third-order valence-electron chi connectivity index (χ3n) is 5.07. The molecule has 1 aromatic heterocycles. The Morgan fingerprint density at radius 3 is 2.56 bits per heavy atom. The maximum absolute atomic E-state index is 12.8. The summed E-state index contributed by atoms with van der Waals surface area (Å²) in [6.07, 6.45) is 2.81. The minimum atomic E-state index is -3.53. The van der Waals surface area contributed by atoms with Gasteiger partial charge in [0.05, 0.1) is 10.6 Å². The van der Waals surface area contributed by atoms with Crippen molar-refractivity contribution >= 4 is 15.9 Å². The van der Waals surface area contributed by atoms with Gasteiger partial charge >= 0.3 is 0 Å². The van der Waals surface area contributed by atoms with Crippen molar-refractivity contribution in [3.63, 3.8) is 0 Å². The van der Waals surface area contributed by atoms with Crippen LogP contribution in [0, 0.1) is 13.8 Å². The van der Waals surface area contributed by atoms with Crippen LogP contribution in [0.2, 0.25) is 0 Å². The lowest BCUT2D eigenvalue weighted by Crippen LogP contribution is -2.41. The zero-order valence-electron chi connectivity index (χ0n) is 15.9. The number of piperidine rings is 1. The molecule has 1 aromatic carbocycles. The van der Waals surface area contributed by atoms with Gasteiger partial charge in [0.1, 0.15) is 5.76 Å². The van der Waals surface area contributed by atoms with E-state index in [0.717, 1.165) is 30.5 Å². The van der Waals surface area contributed by atoms with Gasteiger partial charge in [-0.05, 0) is 57.9 Å². The quantitative estimate of drug-likeness (QED) is 0.846. The van der Waals surface area contributed by atoms with Crippen molar-refractivity contribution in [1.82, 2.24) is 14.8 Å². The normalized spacial score (nSPS) is 18.4. The molecule has 8 heteroatoms. The van der Waals surface area contributed by atoms with E-state index in [1.54, 1.807) is 23.4 Å². The minimum Gasteiger partial charge on any atom is -0.361 e. The molecule has 0 bridgehead atoms. The molecule has 1 saturated heterocycles. The summed E-state index contributed by atoms with van der Waals surface area (Å²) in [7, 11) is -3.53. The highest BCUT2D eigenvalue weighted by Crippen LogP contribution is 2.25. The van der Waals surface area contributed by atoms with Crippen LogP contribution in [-0.2, 0) is 16.6 Å². The third-order valence-corrected chi connectivity index (χ3v) is 7.10. The van der Waals surface area contributed by atoms with Crippen LogP contribution in [0.3, 0.4) is 0 Å². The molecule has 146 valence electrons. The minimum absolute atomic E-state index is 0.00164. The molecule has 27 heavy (non-hydrogen) atoms. The van der Waals surface area contributed by atoms with E-state index in [4.69, 9.17) is 4.52 Å². The van der Waals surface area contributed by atoms with Crippen LogP contribution in [0.25, 0.3) is 0 Å². The molecule has 1 fully saturated rings. The summed E-state index contributed by atoms with van der Waals surface area (Å²) in [6.45, 7) is 6.41. The predicted molar refractivity (Wildman–Crippen MR) is 101 cm³/mol. The molecule has 3 rings (SSSR count). The molecule has 0 spiro atoms. The van der Waals surface area contributed by atoms with Crippen molar-refractivity contribution < 1.29 is 17.7 Å². The third kappa shape index (κ3) is 4.06. The summed E-state index contributed by atoms with van der Waals surface area (Å²) >= 11 is 0. The maximum Gasteiger partial charge on any atom is 0.251 e. The number of hydrogen-bond acceptors (Lipinski definition) is 5. The first kappa shape index (κ1) is 19.6. The van der Waals surface area contributed by atoms with E-state index in [-0.39, 0.29) is 16.8 Å². The summed E-state index contributed by atoms with van der Waals surface area (Å²) in [5.41, 5.74) is 2.00. The van der Waals surface area contributed by atoms with Crippen molar-refractivity contribution in [2.45, 2.75) is 57.5 Å². The standard InChI is InChI=1S/C19H25N3O4S/c1-13-6-4-5-11-22(13)27(24,25)17-9-7-16(8-10-17)19(23)20-12-18-14(2)21-26-15(18)3/h7-10,13H,4-6,11-12H2,1-3H3,(H,20,23). The van der Waals surface area contributed by atoms with E-state index >= 15 is 0 Å². The number of sulfonamides is 1. The lowest BCUT2D eigenvalue weighted by atomic mass is 10.1. The van der Waals surface area contributed by atoms with Gasteiger partial charge in [0.15, 0.2) is 0 Å². The Bertz CT molecular complexity index is 899. The molecular formula is C19H25N3O4S. The summed E-state index contributed by atoms with van der Waals surface area (Å²) in [5.74, 6) is 0.398. The first-order chi connectivity index (χ1) is 12.8. The molecule has 7 nitrogen and oxygen atoms in total. The van der Waals surface area contributed by atoms with E-state index in [1.807, 2.05) is 13.8 Å². The lowest BCUT2D eigenvalue weighted by molar-refractivity contribution is 0.0950. The highest BCUT2D eigenvalue weighted by atomic mass is 32.2. The number of aromatic nitrogens is 1. The van der Waals surface area contributed by atoms with Crippen LogP contribution in [0.1, 0.15) is 53.6 Å². The highest BCUT2D eigenvalue weighted by Gasteiger charge is 2.30. The molecule has 1 atom stereocenters. The van der Waals surface area contributed by atoms with Crippen molar-refractivity contribution in [3.05, 3.63) is 46.8 Å². The van der Waals surface area contributed by atoms with Gasteiger partial charge < -0.3 is 9.84 Å². The summed E-state index contributed by atoms with van der Waals surface area (Å²) in [5, 5.41) is 6.67. The lowest BCUT2D eigenvalue weighted by Gasteiger charge is -2.32. The number of nitrogens with zero attached hydrogens (tertiary/aromatic N) is 2. The van der Waals surface area contributed by atoms with Gasteiger partial charge in [0.25, 0.3) is 5.91 Å². The monoisotopic (exact) mass is 391 g/mol. The molecule has 2 aromatic rings. The average Bonchev–Trinajstić information content (AvgIpc) is 2.98. The summed E-state index contributed by atoms with van der Waals surface area (Å²) in [4.78, 5) is 12.6. The number of carbonyl (C=O) groups is 1. The fourth-order valence-corrected chi connectivity index (χ4v) is 5.07. The van der Waals surface area contributed by atoms with E-state index in [9.17, 15) is 13.2 Å². The molecule has 1 amide bonds. The van der Waals surface area contributed by atoms with Crippen LogP contribution >= 0.6 is 0 Å². The number of amides is 1. The van der Waals surface area contributed by atoms with Crippen LogP contribution in [-0.4, -0.2) is 36.4 Å². The first-order valence-corrected chi connectivity index (χ1v) is 10.6. The zero-order chi connectivity index (χ0) is 19.6. The maximum atomic E-state index is 12.8. The van der Waals surface area contributed by atoms with Gasteiger partial charge in [0, 0.05) is 30.3 Å². The predicted octanol–water partition coefficient (Wildman–Crippen LogP) is 2.78. The van der Waals surface area contributed by atoms with Gasteiger partial charge in [-0.25, -0.2) is 8.42 Å². The van der Waals surface area contributed by atoms with E-state index in [0.29, 0.717) is 24.4 Å². The summed E-state index contributed by atoms with van der Waals surface area (Å²) in [6, 6.07) is 6.10. The SMILES string of the molecule is Cc1noc(C)c1CNC(=O)c1ccc(S(=O)(=O)N2CCCCC2C)cc1. The van der Waals surface area contributed by atoms with Gasteiger partial charge in [0.2, 0.25) is 10.0 Å². The fraction of sp³-hybridized carbons (Fsp3) is 0.474. The van der Waals surface area contributed by atoms with Crippen LogP contribution < -0.4 is 5.32 Å². The van der Waals surface area contributed by atoms with Crippen molar-refractivity contribution in [2.24, 2.45) is 0 Å². The number of aryl methyl sites for hydroxylation is 2. The van der Waals surface area contributed by atoms with Crippen LogP contribution in [0.4, 0.5) is 0 Å². The van der Waals surface area contributed by atoms with Crippen molar-refractivity contribution in [3.8, 4) is 0 Å². The second-order valence-electron chi connectivity index (χ2n) is 6.97. The van der Waals surface area contributed by atoms with Gasteiger partial charge in [-0.3, -0.25) is 4.79 Å². The molecule has 1 aliphatic heterocycles. The molecule has 1 unspecified atom stereocenters. The molecule has 1 aliphatic rings. The van der Waals surface area contributed by atoms with Crippen LogP contribution in [0.5, 0.6) is 0 Å². The second-order valence-corrected chi connectivity index (χ2v) is 8.86. The largest absolute Gasteiger partial charge is 0.361 e. The van der Waals surface area contributed by atoms with E-state index < -0.39 is 10.0 Å². The molecule has 2 heterocycles. The van der Waals surface area contributed by atoms with E-state index in [1.165, 1.54) is 12.1 Å². The Morgan fingerprint density at radius 2 is 1.96 bits per heavy atom. The Hall–Kier alpha value is -2.19. The Labute approximate surface area is 159 Å². The van der Waals surface area contributed by atoms with Crippen molar-refractivity contribution in [2.75, 3.05) is 6.54 Å². The van der Waals surface area contributed by atoms with Crippen LogP contribution in [0.15, 0.2) is 33.7 Å². The van der Waals surface area contributed by atoms with Gasteiger partial charge in [-0.15, -0.1) is 0 Å². The van der Waals surface area contributed by atoms with Crippen molar-refractivity contribution in [1.29, 1.82) is 0 Å². The smallest absolute Gasteiger partial charge is 0.251 e. The Morgan fingerprint density at radius 1 is 1.26 bits per heavy atom.